The number of carbonyl (C=O) groups is 1. The molecule has 100 valence electrons. The normalized spacial score (nSPS) is 10.4. The van der Waals surface area contributed by atoms with Crippen molar-refractivity contribution in [3.63, 3.8) is 0 Å². The average molecular weight is 251 g/mol. The molecule has 0 heterocycles. The first-order valence-corrected chi connectivity index (χ1v) is 5.98. The van der Waals surface area contributed by atoms with Crippen molar-refractivity contribution in [3.8, 4) is 5.75 Å². The smallest absolute Gasteiger partial charge is 0.238 e. The van der Waals surface area contributed by atoms with Crippen LogP contribution in [0.3, 0.4) is 0 Å². The maximum Gasteiger partial charge on any atom is 0.238 e. The second-order valence-corrected chi connectivity index (χ2v) is 4.25. The summed E-state index contributed by atoms with van der Waals surface area (Å²) >= 11 is 0. The summed E-state index contributed by atoms with van der Waals surface area (Å²) in [6, 6.07) is 5.16. The molecular weight excluding hydrogens is 230 g/mol. The molecule has 0 bridgehead atoms. The van der Waals surface area contributed by atoms with Crippen LogP contribution in [-0.4, -0.2) is 38.1 Å². The number of hydrogen-bond donors (Lipinski definition) is 2. The number of benzene rings is 1. The van der Waals surface area contributed by atoms with Crippen molar-refractivity contribution in [2.45, 2.75) is 13.3 Å². The van der Waals surface area contributed by atoms with Gasteiger partial charge in [0.2, 0.25) is 5.91 Å². The van der Waals surface area contributed by atoms with Crippen LogP contribution in [0.1, 0.15) is 13.3 Å². The van der Waals surface area contributed by atoms with Crippen LogP contribution in [0.25, 0.3) is 0 Å². The Kier molecular flexibility index (Phi) is 5.45. The highest BCUT2D eigenvalue weighted by atomic mass is 16.5. The highest BCUT2D eigenvalue weighted by Gasteiger charge is 2.09. The van der Waals surface area contributed by atoms with E-state index in [1.54, 1.807) is 25.3 Å². The zero-order chi connectivity index (χ0) is 13.5. The maximum atomic E-state index is 11.8. The van der Waals surface area contributed by atoms with Crippen LogP contribution in [0.4, 0.5) is 11.4 Å². The molecule has 18 heavy (non-hydrogen) atoms. The summed E-state index contributed by atoms with van der Waals surface area (Å²) in [5, 5.41) is 2.81. The fourth-order valence-corrected chi connectivity index (χ4v) is 1.72. The fraction of sp³-hybridized carbons (Fsp3) is 0.462. The Morgan fingerprint density at radius 3 is 2.83 bits per heavy atom. The van der Waals surface area contributed by atoms with Crippen LogP contribution in [0.15, 0.2) is 18.2 Å². The fourth-order valence-electron chi connectivity index (χ4n) is 1.72. The van der Waals surface area contributed by atoms with Crippen molar-refractivity contribution in [2.75, 3.05) is 38.3 Å². The molecule has 0 aromatic heterocycles. The zero-order valence-electron chi connectivity index (χ0n) is 11.2. The number of nitrogens with one attached hydrogen (secondary N) is 1. The topological polar surface area (TPSA) is 67.6 Å². The lowest BCUT2D eigenvalue weighted by molar-refractivity contribution is -0.117. The molecule has 1 aromatic rings. The van der Waals surface area contributed by atoms with E-state index in [9.17, 15) is 4.79 Å². The zero-order valence-corrected chi connectivity index (χ0v) is 11.2. The first-order chi connectivity index (χ1) is 8.56. The van der Waals surface area contributed by atoms with Gasteiger partial charge in [-0.05, 0) is 38.2 Å². The molecule has 0 radical (unpaired) electrons. The van der Waals surface area contributed by atoms with Crippen molar-refractivity contribution in [1.29, 1.82) is 0 Å². The SMILES string of the molecule is CCCN(C)CC(=O)Nc1cc(N)ccc1OC. The summed E-state index contributed by atoms with van der Waals surface area (Å²) in [5.74, 6) is 0.533. The van der Waals surface area contributed by atoms with Crippen LogP contribution in [0.5, 0.6) is 5.75 Å². The van der Waals surface area contributed by atoms with Gasteiger partial charge in [0.05, 0.1) is 19.3 Å². The molecule has 0 aliphatic carbocycles. The number of likely N-dealkylation sites (N-methyl/N-ethyl adjacent to an activating group) is 1. The monoisotopic (exact) mass is 251 g/mol. The highest BCUT2D eigenvalue weighted by Crippen LogP contribution is 2.26. The van der Waals surface area contributed by atoms with E-state index in [1.807, 2.05) is 11.9 Å². The number of nitrogens with zero attached hydrogens (tertiary/aromatic N) is 1. The quantitative estimate of drug-likeness (QED) is 0.753. The maximum absolute atomic E-state index is 11.8. The average Bonchev–Trinajstić information content (AvgIpc) is 2.29. The molecule has 0 spiro atoms. The van der Waals surface area contributed by atoms with Gasteiger partial charge in [0.25, 0.3) is 0 Å². The number of amides is 1. The Labute approximate surface area is 108 Å². The Balaban J connectivity index is 2.66. The van der Waals surface area contributed by atoms with Gasteiger partial charge in [-0.15, -0.1) is 0 Å². The van der Waals surface area contributed by atoms with E-state index in [4.69, 9.17) is 10.5 Å². The Morgan fingerprint density at radius 2 is 2.22 bits per heavy atom. The summed E-state index contributed by atoms with van der Waals surface area (Å²) in [6.07, 6.45) is 1.02. The molecule has 0 atom stereocenters. The van der Waals surface area contributed by atoms with Gasteiger partial charge in [-0.1, -0.05) is 6.92 Å². The molecule has 1 rings (SSSR count). The van der Waals surface area contributed by atoms with Crippen LogP contribution < -0.4 is 15.8 Å². The van der Waals surface area contributed by atoms with Crippen LogP contribution >= 0.6 is 0 Å². The van der Waals surface area contributed by atoms with E-state index in [-0.39, 0.29) is 5.91 Å². The van der Waals surface area contributed by atoms with E-state index in [0.29, 0.717) is 23.7 Å². The predicted molar refractivity (Wildman–Crippen MR) is 73.8 cm³/mol. The Hall–Kier alpha value is -1.75. The molecule has 5 heteroatoms. The molecule has 1 aromatic carbocycles. The van der Waals surface area contributed by atoms with E-state index in [2.05, 4.69) is 12.2 Å². The van der Waals surface area contributed by atoms with Gasteiger partial charge >= 0.3 is 0 Å². The minimum absolute atomic E-state index is 0.0742. The van der Waals surface area contributed by atoms with Crippen molar-refractivity contribution >= 4 is 17.3 Å². The van der Waals surface area contributed by atoms with Crippen LogP contribution in [0.2, 0.25) is 0 Å². The molecule has 0 aliphatic rings. The lowest BCUT2D eigenvalue weighted by Crippen LogP contribution is -2.30. The summed E-state index contributed by atoms with van der Waals surface area (Å²) in [5.41, 5.74) is 6.88. The number of nitrogen functional groups attached to an aromatic ring is 1. The summed E-state index contributed by atoms with van der Waals surface area (Å²) in [6.45, 7) is 3.32. The summed E-state index contributed by atoms with van der Waals surface area (Å²) in [7, 11) is 3.48. The molecule has 0 aliphatic heterocycles. The van der Waals surface area contributed by atoms with Gasteiger partial charge in [-0.3, -0.25) is 9.69 Å². The van der Waals surface area contributed by atoms with Crippen molar-refractivity contribution in [1.82, 2.24) is 4.90 Å². The van der Waals surface area contributed by atoms with E-state index >= 15 is 0 Å². The van der Waals surface area contributed by atoms with E-state index < -0.39 is 0 Å². The third kappa shape index (κ3) is 4.25. The number of ether oxygens (including phenoxy) is 1. The van der Waals surface area contributed by atoms with Gasteiger partial charge in [-0.25, -0.2) is 0 Å². The number of anilines is 2. The molecule has 5 nitrogen and oxygen atoms in total. The highest BCUT2D eigenvalue weighted by molar-refractivity contribution is 5.94. The Morgan fingerprint density at radius 1 is 1.50 bits per heavy atom. The first-order valence-electron chi connectivity index (χ1n) is 5.98. The standard InChI is InChI=1S/C13H21N3O2/c1-4-7-16(2)9-13(17)15-11-8-10(14)5-6-12(11)18-3/h5-6,8H,4,7,9,14H2,1-3H3,(H,15,17). The molecule has 0 unspecified atom stereocenters. The van der Waals surface area contributed by atoms with E-state index in [1.165, 1.54) is 0 Å². The number of hydrogen-bond acceptors (Lipinski definition) is 4. The first kappa shape index (κ1) is 14.3. The second-order valence-electron chi connectivity index (χ2n) is 4.25. The molecule has 0 saturated carbocycles. The summed E-state index contributed by atoms with van der Waals surface area (Å²) in [4.78, 5) is 13.8. The third-order valence-corrected chi connectivity index (χ3v) is 2.52. The van der Waals surface area contributed by atoms with Crippen molar-refractivity contribution in [2.24, 2.45) is 0 Å². The van der Waals surface area contributed by atoms with E-state index in [0.717, 1.165) is 13.0 Å². The lowest BCUT2D eigenvalue weighted by atomic mass is 10.2. The molecular formula is C13H21N3O2. The number of carbonyl (C=O) groups excluding carboxylic acids is 1. The largest absolute Gasteiger partial charge is 0.495 e. The lowest BCUT2D eigenvalue weighted by Gasteiger charge is -2.16. The van der Waals surface area contributed by atoms with Crippen molar-refractivity contribution < 1.29 is 9.53 Å². The van der Waals surface area contributed by atoms with Gasteiger partial charge < -0.3 is 15.8 Å². The van der Waals surface area contributed by atoms with Crippen molar-refractivity contribution in [3.05, 3.63) is 18.2 Å². The van der Waals surface area contributed by atoms with Crippen LogP contribution in [0, 0.1) is 0 Å². The number of methoxy groups -OCH3 is 1. The number of rotatable bonds is 6. The second kappa shape index (κ2) is 6.86. The number of nitrogens with two attached hydrogens (primary N) is 1. The molecule has 1 amide bonds. The molecule has 0 saturated heterocycles. The molecule has 0 fully saturated rings. The van der Waals surface area contributed by atoms with Crippen LogP contribution in [-0.2, 0) is 4.79 Å². The minimum Gasteiger partial charge on any atom is -0.495 e. The third-order valence-electron chi connectivity index (χ3n) is 2.52. The summed E-state index contributed by atoms with van der Waals surface area (Å²) < 4.78 is 5.17. The van der Waals surface area contributed by atoms with Gasteiger partial charge in [-0.2, -0.15) is 0 Å². The predicted octanol–water partition coefficient (Wildman–Crippen LogP) is 1.56. The minimum atomic E-state index is -0.0742. The Bertz CT molecular complexity index is 407. The van der Waals surface area contributed by atoms with Gasteiger partial charge in [0.15, 0.2) is 0 Å². The van der Waals surface area contributed by atoms with Gasteiger partial charge in [0.1, 0.15) is 5.75 Å². The molecule has 3 N–H and O–H groups in total. The van der Waals surface area contributed by atoms with Gasteiger partial charge in [0, 0.05) is 5.69 Å².